The van der Waals surface area contributed by atoms with E-state index in [9.17, 15) is 0 Å². The van der Waals surface area contributed by atoms with Gasteiger partial charge >= 0.3 is 0 Å². The fourth-order valence-corrected chi connectivity index (χ4v) is 2.93. The van der Waals surface area contributed by atoms with Gasteiger partial charge in [0, 0.05) is 38.6 Å². The molecule has 1 saturated heterocycles. The molecule has 22 heavy (non-hydrogen) atoms. The summed E-state index contributed by atoms with van der Waals surface area (Å²) in [7, 11) is 0. The molecule has 1 atom stereocenters. The molecule has 6 heteroatoms. The van der Waals surface area contributed by atoms with Gasteiger partial charge in [0.05, 0.1) is 22.5 Å². The van der Waals surface area contributed by atoms with Crippen molar-refractivity contribution in [1.82, 2.24) is 20.1 Å². The minimum absolute atomic E-state index is 0.306. The third-order valence-electron chi connectivity index (χ3n) is 3.96. The predicted molar refractivity (Wildman–Crippen MR) is 85.7 cm³/mol. The Morgan fingerprint density at radius 1 is 1.36 bits per heavy atom. The summed E-state index contributed by atoms with van der Waals surface area (Å²) in [5.74, 6) is 0. The molecule has 0 amide bonds. The normalized spacial score (nSPS) is 18.2. The average molecular weight is 321 g/mol. The smallest absolute Gasteiger partial charge is 0.0951 e. The lowest BCUT2D eigenvalue weighted by atomic mass is 10.2. The van der Waals surface area contributed by atoms with Gasteiger partial charge in [-0.15, -0.1) is 0 Å². The van der Waals surface area contributed by atoms with Crippen LogP contribution in [0.1, 0.15) is 29.8 Å². The summed E-state index contributed by atoms with van der Waals surface area (Å²) >= 11 is 6.31. The van der Waals surface area contributed by atoms with Crippen molar-refractivity contribution in [1.29, 1.82) is 0 Å². The molecule has 3 heterocycles. The minimum Gasteiger partial charge on any atom is -0.377 e. The molecule has 1 fully saturated rings. The summed E-state index contributed by atoms with van der Waals surface area (Å²) in [6.07, 6.45) is 6.23. The molecule has 0 aromatic carbocycles. The van der Waals surface area contributed by atoms with Gasteiger partial charge in [-0.3, -0.25) is 15.0 Å². The van der Waals surface area contributed by atoms with Crippen LogP contribution in [0.15, 0.2) is 24.5 Å². The van der Waals surface area contributed by atoms with Crippen LogP contribution in [0.4, 0.5) is 0 Å². The standard InChI is InChI=1S/C16H21ClN4O/c1-12-16(17)15(20-19-12)11-21(10-14-3-2-8-22-14)9-13-4-6-18-7-5-13/h4-7,14H,2-3,8-11H2,1H3,(H,19,20). The first kappa shape index (κ1) is 15.5. The van der Waals surface area contributed by atoms with Crippen LogP contribution in [-0.4, -0.2) is 39.3 Å². The van der Waals surface area contributed by atoms with E-state index in [1.54, 1.807) is 0 Å². The van der Waals surface area contributed by atoms with E-state index < -0.39 is 0 Å². The molecule has 2 aromatic rings. The molecule has 0 aliphatic carbocycles. The highest BCUT2D eigenvalue weighted by atomic mass is 35.5. The van der Waals surface area contributed by atoms with E-state index in [4.69, 9.17) is 16.3 Å². The number of aromatic amines is 1. The van der Waals surface area contributed by atoms with E-state index in [-0.39, 0.29) is 0 Å². The maximum atomic E-state index is 6.31. The quantitative estimate of drug-likeness (QED) is 0.889. The van der Waals surface area contributed by atoms with Crippen molar-refractivity contribution in [2.75, 3.05) is 13.2 Å². The number of rotatable bonds is 6. The molecule has 1 aliphatic heterocycles. The molecule has 5 nitrogen and oxygen atoms in total. The Kier molecular flexibility index (Phi) is 5.08. The Balaban J connectivity index is 1.71. The number of hydrogen-bond acceptors (Lipinski definition) is 4. The molecule has 1 unspecified atom stereocenters. The van der Waals surface area contributed by atoms with Gasteiger partial charge in [0.15, 0.2) is 0 Å². The maximum Gasteiger partial charge on any atom is 0.0951 e. The number of aromatic nitrogens is 3. The monoisotopic (exact) mass is 320 g/mol. The van der Waals surface area contributed by atoms with Gasteiger partial charge in [-0.05, 0) is 37.5 Å². The molecular formula is C16H21ClN4O. The largest absolute Gasteiger partial charge is 0.377 e. The van der Waals surface area contributed by atoms with Crippen LogP contribution in [0.2, 0.25) is 5.02 Å². The number of H-pyrrole nitrogens is 1. The van der Waals surface area contributed by atoms with Crippen LogP contribution in [-0.2, 0) is 17.8 Å². The van der Waals surface area contributed by atoms with Crippen molar-refractivity contribution in [2.45, 2.75) is 39.0 Å². The highest BCUT2D eigenvalue weighted by molar-refractivity contribution is 6.31. The lowest BCUT2D eigenvalue weighted by Crippen LogP contribution is -2.31. The second-order valence-electron chi connectivity index (χ2n) is 5.77. The maximum absolute atomic E-state index is 6.31. The zero-order valence-electron chi connectivity index (χ0n) is 12.8. The van der Waals surface area contributed by atoms with Crippen LogP contribution in [0, 0.1) is 6.92 Å². The second-order valence-corrected chi connectivity index (χ2v) is 6.15. The molecule has 1 N–H and O–H groups in total. The van der Waals surface area contributed by atoms with E-state index >= 15 is 0 Å². The highest BCUT2D eigenvalue weighted by Gasteiger charge is 2.21. The van der Waals surface area contributed by atoms with Gasteiger partial charge in [-0.25, -0.2) is 0 Å². The van der Waals surface area contributed by atoms with E-state index in [2.05, 4.69) is 20.1 Å². The van der Waals surface area contributed by atoms with Gasteiger partial charge < -0.3 is 4.74 Å². The van der Waals surface area contributed by atoms with Crippen molar-refractivity contribution in [2.24, 2.45) is 0 Å². The number of nitrogens with zero attached hydrogens (tertiary/aromatic N) is 3. The molecule has 0 bridgehead atoms. The molecule has 0 spiro atoms. The first-order valence-corrected chi connectivity index (χ1v) is 8.02. The number of halogens is 1. The van der Waals surface area contributed by atoms with E-state index in [0.717, 1.165) is 48.9 Å². The third kappa shape index (κ3) is 3.85. The van der Waals surface area contributed by atoms with Crippen molar-refractivity contribution < 1.29 is 4.74 Å². The number of nitrogens with one attached hydrogen (secondary N) is 1. The average Bonchev–Trinajstić information content (AvgIpc) is 3.14. The number of hydrogen-bond donors (Lipinski definition) is 1. The molecule has 1 aliphatic rings. The Bertz CT molecular complexity index is 595. The Labute approximate surface area is 135 Å². The third-order valence-corrected chi connectivity index (χ3v) is 4.46. The zero-order valence-corrected chi connectivity index (χ0v) is 13.5. The fraction of sp³-hybridized carbons (Fsp3) is 0.500. The van der Waals surface area contributed by atoms with E-state index in [0.29, 0.717) is 12.6 Å². The lowest BCUT2D eigenvalue weighted by molar-refractivity contribution is 0.0675. The number of ether oxygens (including phenoxy) is 1. The summed E-state index contributed by atoms with van der Waals surface area (Å²) in [4.78, 5) is 6.42. The van der Waals surface area contributed by atoms with Gasteiger partial charge in [0.1, 0.15) is 0 Å². The molecule has 2 aromatic heterocycles. The summed E-state index contributed by atoms with van der Waals surface area (Å²) < 4.78 is 5.78. The van der Waals surface area contributed by atoms with Crippen LogP contribution < -0.4 is 0 Å². The van der Waals surface area contributed by atoms with Crippen LogP contribution >= 0.6 is 11.6 Å². The van der Waals surface area contributed by atoms with Crippen molar-refractivity contribution in [3.63, 3.8) is 0 Å². The van der Waals surface area contributed by atoms with Gasteiger partial charge in [-0.1, -0.05) is 11.6 Å². The minimum atomic E-state index is 0.306. The lowest BCUT2D eigenvalue weighted by Gasteiger charge is -2.24. The van der Waals surface area contributed by atoms with Crippen molar-refractivity contribution in [3.05, 3.63) is 46.5 Å². The van der Waals surface area contributed by atoms with E-state index in [1.807, 2.05) is 31.5 Å². The summed E-state index contributed by atoms with van der Waals surface area (Å²) in [5, 5.41) is 8.00. The van der Waals surface area contributed by atoms with Crippen molar-refractivity contribution in [3.8, 4) is 0 Å². The first-order chi connectivity index (χ1) is 10.7. The SMILES string of the molecule is Cc1[nH]nc(CN(Cc2ccncc2)CC2CCCO2)c1Cl. The zero-order chi connectivity index (χ0) is 15.4. The highest BCUT2D eigenvalue weighted by Crippen LogP contribution is 2.21. The molecule has 0 saturated carbocycles. The second kappa shape index (κ2) is 7.22. The van der Waals surface area contributed by atoms with Crippen LogP contribution in [0.25, 0.3) is 0 Å². The predicted octanol–water partition coefficient (Wildman–Crippen LogP) is 2.95. The van der Waals surface area contributed by atoms with Gasteiger partial charge in [-0.2, -0.15) is 5.10 Å². The number of pyridine rings is 1. The molecule has 0 radical (unpaired) electrons. The Morgan fingerprint density at radius 2 is 2.18 bits per heavy atom. The van der Waals surface area contributed by atoms with Gasteiger partial charge in [0.25, 0.3) is 0 Å². The summed E-state index contributed by atoms with van der Waals surface area (Å²) in [6.45, 7) is 5.25. The summed E-state index contributed by atoms with van der Waals surface area (Å²) in [5.41, 5.74) is 3.04. The first-order valence-electron chi connectivity index (χ1n) is 7.64. The van der Waals surface area contributed by atoms with Crippen LogP contribution in [0.5, 0.6) is 0 Å². The Hall–Kier alpha value is -1.43. The molecule has 3 rings (SSSR count). The molecular weight excluding hydrogens is 300 g/mol. The number of aryl methyl sites for hydroxylation is 1. The van der Waals surface area contributed by atoms with Crippen LogP contribution in [0.3, 0.4) is 0 Å². The fourth-order valence-electron chi connectivity index (χ4n) is 2.79. The summed E-state index contributed by atoms with van der Waals surface area (Å²) in [6, 6.07) is 4.08. The topological polar surface area (TPSA) is 54.0 Å². The molecule has 118 valence electrons. The van der Waals surface area contributed by atoms with Crippen molar-refractivity contribution >= 4 is 11.6 Å². The van der Waals surface area contributed by atoms with Gasteiger partial charge in [0.2, 0.25) is 0 Å². The van der Waals surface area contributed by atoms with E-state index in [1.165, 1.54) is 5.56 Å². The Morgan fingerprint density at radius 3 is 2.82 bits per heavy atom.